The molecule has 3 unspecified atom stereocenters. The van der Waals surface area contributed by atoms with Crippen LogP contribution in [0.15, 0.2) is 23.1 Å². The molecule has 104 valence electrons. The highest BCUT2D eigenvalue weighted by molar-refractivity contribution is 7.99. The maximum Gasteiger partial charge on any atom is 0.123 e. The number of fused-ring (bicyclic) bond motifs is 1. The molecule has 0 spiro atoms. The molecule has 1 saturated carbocycles. The molecule has 3 rings (SSSR count). The highest BCUT2D eigenvalue weighted by atomic mass is 32.2. The molecule has 0 radical (unpaired) electrons. The van der Waals surface area contributed by atoms with Gasteiger partial charge in [0.15, 0.2) is 0 Å². The highest BCUT2D eigenvalue weighted by Gasteiger charge is 2.30. The fourth-order valence-electron chi connectivity index (χ4n) is 3.54. The molecule has 0 bridgehead atoms. The molecule has 1 aliphatic carbocycles. The molecular weight excluding hydrogens is 257 g/mol. The molecular formula is C16H22FNS. The lowest BCUT2D eigenvalue weighted by atomic mass is 9.97. The number of benzene rings is 1. The first kappa shape index (κ1) is 13.4. The van der Waals surface area contributed by atoms with Crippen LogP contribution in [0.5, 0.6) is 0 Å². The van der Waals surface area contributed by atoms with Gasteiger partial charge in [0.25, 0.3) is 0 Å². The van der Waals surface area contributed by atoms with Crippen LogP contribution in [-0.2, 0) is 0 Å². The van der Waals surface area contributed by atoms with Gasteiger partial charge in [-0.3, -0.25) is 0 Å². The van der Waals surface area contributed by atoms with Crippen molar-refractivity contribution in [1.82, 2.24) is 5.32 Å². The molecule has 1 nitrogen and oxygen atoms in total. The van der Waals surface area contributed by atoms with Crippen LogP contribution in [0.1, 0.15) is 50.6 Å². The third kappa shape index (κ3) is 2.82. The number of hydrogen-bond donors (Lipinski definition) is 1. The second kappa shape index (κ2) is 5.84. The van der Waals surface area contributed by atoms with E-state index in [0.29, 0.717) is 12.1 Å². The molecule has 1 aromatic carbocycles. The molecule has 1 N–H and O–H groups in total. The minimum Gasteiger partial charge on any atom is -0.307 e. The van der Waals surface area contributed by atoms with Crippen LogP contribution in [0, 0.1) is 11.7 Å². The Morgan fingerprint density at radius 2 is 2.21 bits per heavy atom. The van der Waals surface area contributed by atoms with Crippen LogP contribution < -0.4 is 5.32 Å². The fourth-order valence-corrected chi connectivity index (χ4v) is 4.65. The van der Waals surface area contributed by atoms with Crippen LogP contribution in [0.3, 0.4) is 0 Å². The first-order chi connectivity index (χ1) is 9.28. The largest absolute Gasteiger partial charge is 0.307 e. The maximum absolute atomic E-state index is 13.5. The molecule has 1 aromatic rings. The molecule has 1 heterocycles. The maximum atomic E-state index is 13.5. The molecule has 0 saturated heterocycles. The summed E-state index contributed by atoms with van der Waals surface area (Å²) >= 11 is 1.86. The number of hydrogen-bond acceptors (Lipinski definition) is 2. The highest BCUT2D eigenvalue weighted by Crippen LogP contribution is 2.38. The predicted molar refractivity (Wildman–Crippen MR) is 79.0 cm³/mol. The van der Waals surface area contributed by atoms with E-state index in [1.54, 1.807) is 12.1 Å². The average Bonchev–Trinajstić information content (AvgIpc) is 2.87. The van der Waals surface area contributed by atoms with Gasteiger partial charge in [0, 0.05) is 17.0 Å². The van der Waals surface area contributed by atoms with Crippen LogP contribution in [0.25, 0.3) is 0 Å². The molecule has 0 aromatic heterocycles. The van der Waals surface area contributed by atoms with E-state index in [4.69, 9.17) is 0 Å². The number of thioether (sulfide) groups is 1. The zero-order valence-corrected chi connectivity index (χ0v) is 12.3. The van der Waals surface area contributed by atoms with E-state index in [2.05, 4.69) is 12.2 Å². The van der Waals surface area contributed by atoms with Crippen molar-refractivity contribution in [1.29, 1.82) is 0 Å². The van der Waals surface area contributed by atoms with Gasteiger partial charge in [-0.1, -0.05) is 19.8 Å². The van der Waals surface area contributed by atoms with Gasteiger partial charge in [0.2, 0.25) is 0 Å². The molecule has 2 aliphatic rings. The minimum atomic E-state index is -0.105. The third-order valence-electron chi connectivity index (χ3n) is 4.61. The van der Waals surface area contributed by atoms with Gasteiger partial charge in [-0.15, -0.1) is 11.8 Å². The summed E-state index contributed by atoms with van der Waals surface area (Å²) < 4.78 is 13.5. The smallest absolute Gasteiger partial charge is 0.123 e. The summed E-state index contributed by atoms with van der Waals surface area (Å²) in [6, 6.07) is 6.24. The Balaban J connectivity index is 1.78. The normalized spacial score (nSPS) is 30.3. The van der Waals surface area contributed by atoms with Crippen molar-refractivity contribution >= 4 is 11.8 Å². The Labute approximate surface area is 119 Å². The lowest BCUT2D eigenvalue weighted by Crippen LogP contribution is -2.36. The standard InChI is InChI=1S/C16H22FNS/c1-2-11-4-3-5-14(11)18-15-8-9-19-16-7-6-12(17)10-13(15)16/h6-7,10-11,14-15,18H,2-5,8-9H2,1H3. The summed E-state index contributed by atoms with van der Waals surface area (Å²) in [4.78, 5) is 1.26. The van der Waals surface area contributed by atoms with Crippen molar-refractivity contribution in [3.8, 4) is 0 Å². The zero-order chi connectivity index (χ0) is 13.2. The van der Waals surface area contributed by atoms with Gasteiger partial charge in [-0.25, -0.2) is 4.39 Å². The van der Waals surface area contributed by atoms with Crippen molar-refractivity contribution in [3.63, 3.8) is 0 Å². The zero-order valence-electron chi connectivity index (χ0n) is 11.5. The Morgan fingerprint density at radius 1 is 1.32 bits per heavy atom. The molecule has 1 fully saturated rings. The number of rotatable bonds is 3. The summed E-state index contributed by atoms with van der Waals surface area (Å²) in [5.41, 5.74) is 1.18. The molecule has 19 heavy (non-hydrogen) atoms. The Morgan fingerprint density at radius 3 is 3.05 bits per heavy atom. The van der Waals surface area contributed by atoms with E-state index in [1.165, 1.54) is 36.1 Å². The van der Waals surface area contributed by atoms with Gasteiger partial charge in [-0.05, 0) is 54.7 Å². The van der Waals surface area contributed by atoms with Crippen molar-refractivity contribution in [2.24, 2.45) is 5.92 Å². The number of halogens is 1. The average molecular weight is 279 g/mol. The van der Waals surface area contributed by atoms with E-state index < -0.39 is 0 Å². The Bertz CT molecular complexity index is 448. The number of nitrogens with one attached hydrogen (secondary N) is 1. The molecule has 0 amide bonds. The van der Waals surface area contributed by atoms with Gasteiger partial charge < -0.3 is 5.32 Å². The first-order valence-electron chi connectivity index (χ1n) is 7.46. The second-order valence-electron chi connectivity index (χ2n) is 5.74. The fraction of sp³-hybridized carbons (Fsp3) is 0.625. The van der Waals surface area contributed by atoms with Gasteiger partial charge in [0.1, 0.15) is 5.82 Å². The van der Waals surface area contributed by atoms with E-state index >= 15 is 0 Å². The Kier molecular flexibility index (Phi) is 4.13. The lowest BCUT2D eigenvalue weighted by molar-refractivity contribution is 0.342. The van der Waals surface area contributed by atoms with Crippen LogP contribution in [0.4, 0.5) is 4.39 Å². The van der Waals surface area contributed by atoms with Crippen LogP contribution in [-0.4, -0.2) is 11.8 Å². The van der Waals surface area contributed by atoms with E-state index in [0.717, 1.165) is 18.1 Å². The quantitative estimate of drug-likeness (QED) is 0.872. The molecule has 1 aliphatic heterocycles. The van der Waals surface area contributed by atoms with E-state index in [-0.39, 0.29) is 5.82 Å². The van der Waals surface area contributed by atoms with Gasteiger partial charge >= 0.3 is 0 Å². The minimum absolute atomic E-state index is 0.105. The second-order valence-corrected chi connectivity index (χ2v) is 6.88. The summed E-state index contributed by atoms with van der Waals surface area (Å²) in [5.74, 6) is 1.85. The van der Waals surface area contributed by atoms with Crippen molar-refractivity contribution < 1.29 is 4.39 Å². The van der Waals surface area contributed by atoms with Crippen molar-refractivity contribution in [2.75, 3.05) is 5.75 Å². The van der Waals surface area contributed by atoms with Gasteiger partial charge in [0.05, 0.1) is 0 Å². The van der Waals surface area contributed by atoms with Gasteiger partial charge in [-0.2, -0.15) is 0 Å². The summed E-state index contributed by atoms with van der Waals surface area (Å²) in [7, 11) is 0. The SMILES string of the molecule is CCC1CCCC1NC1CCSc2ccc(F)cc21. The molecule has 3 heteroatoms. The summed E-state index contributed by atoms with van der Waals surface area (Å²) in [5, 5.41) is 3.82. The van der Waals surface area contributed by atoms with Crippen LogP contribution >= 0.6 is 11.8 Å². The monoisotopic (exact) mass is 279 g/mol. The first-order valence-corrected chi connectivity index (χ1v) is 8.44. The summed E-state index contributed by atoms with van der Waals surface area (Å²) in [6.45, 7) is 2.29. The topological polar surface area (TPSA) is 12.0 Å². The lowest BCUT2D eigenvalue weighted by Gasteiger charge is -2.31. The van der Waals surface area contributed by atoms with E-state index in [9.17, 15) is 4.39 Å². The summed E-state index contributed by atoms with van der Waals surface area (Å²) in [6.07, 6.45) is 6.36. The van der Waals surface area contributed by atoms with E-state index in [1.807, 2.05) is 17.8 Å². The third-order valence-corrected chi connectivity index (χ3v) is 5.73. The molecule has 3 atom stereocenters. The van der Waals surface area contributed by atoms with Crippen molar-refractivity contribution in [2.45, 2.75) is 56.0 Å². The van der Waals surface area contributed by atoms with Crippen LogP contribution in [0.2, 0.25) is 0 Å². The van der Waals surface area contributed by atoms with Crippen molar-refractivity contribution in [3.05, 3.63) is 29.6 Å². The Hall–Kier alpha value is -0.540. The predicted octanol–water partition coefficient (Wildman–Crippen LogP) is 4.53.